The molecule has 0 N–H and O–H groups in total. The molecular formula is C20H26FN. The first-order valence-corrected chi connectivity index (χ1v) is 8.52. The van der Waals surface area contributed by atoms with Crippen molar-refractivity contribution in [2.45, 2.75) is 51.4 Å². The second-order valence-corrected chi connectivity index (χ2v) is 6.44. The first-order valence-electron chi connectivity index (χ1n) is 8.52. The second kappa shape index (κ2) is 9.41. The van der Waals surface area contributed by atoms with E-state index in [1.165, 1.54) is 44.1 Å². The molecule has 1 fully saturated rings. The minimum absolute atomic E-state index is 0.331. The van der Waals surface area contributed by atoms with Crippen molar-refractivity contribution < 1.29 is 4.39 Å². The highest BCUT2D eigenvalue weighted by Gasteiger charge is 2.20. The van der Waals surface area contributed by atoms with Gasteiger partial charge in [-0.1, -0.05) is 50.0 Å². The fourth-order valence-electron chi connectivity index (χ4n) is 3.44. The number of nitrogens with zero attached hydrogens (tertiary/aromatic N) is 1. The molecule has 1 nitrogen and oxygen atoms in total. The number of hydrogen-bond acceptors (Lipinski definition) is 1. The summed E-state index contributed by atoms with van der Waals surface area (Å²) in [6.07, 6.45) is 13.6. The summed E-state index contributed by atoms with van der Waals surface area (Å²) in [4.78, 5) is 0. The Labute approximate surface area is 133 Å². The lowest BCUT2D eigenvalue weighted by molar-refractivity contribution is 0.254. The van der Waals surface area contributed by atoms with Gasteiger partial charge in [0.15, 0.2) is 0 Å². The molecule has 1 saturated carbocycles. The zero-order valence-electron chi connectivity index (χ0n) is 13.3. The van der Waals surface area contributed by atoms with Crippen LogP contribution in [0.25, 0.3) is 0 Å². The van der Waals surface area contributed by atoms with Crippen LogP contribution in [0.5, 0.6) is 0 Å². The van der Waals surface area contributed by atoms with Gasteiger partial charge in [0.2, 0.25) is 0 Å². The molecule has 0 heterocycles. The van der Waals surface area contributed by atoms with Crippen LogP contribution in [0.1, 0.15) is 56.1 Å². The van der Waals surface area contributed by atoms with E-state index < -0.39 is 0 Å². The highest BCUT2D eigenvalue weighted by Crippen LogP contribution is 2.33. The first-order chi connectivity index (χ1) is 10.8. The molecule has 0 aliphatic heterocycles. The maximum atomic E-state index is 12.0. The van der Waals surface area contributed by atoms with Gasteiger partial charge >= 0.3 is 0 Å². The minimum Gasteiger partial charge on any atom is -0.247 e. The lowest BCUT2D eigenvalue weighted by Crippen LogP contribution is -2.15. The van der Waals surface area contributed by atoms with Gasteiger partial charge in [0.05, 0.1) is 11.6 Å². The summed E-state index contributed by atoms with van der Waals surface area (Å²) in [6.45, 7) is -0.331. The predicted octanol–water partition coefficient (Wildman–Crippen LogP) is 5.60. The summed E-state index contributed by atoms with van der Waals surface area (Å²) in [5.41, 5.74) is 2.09. The fourth-order valence-corrected chi connectivity index (χ4v) is 3.44. The molecule has 1 aliphatic rings. The lowest BCUT2D eigenvalue weighted by Gasteiger charge is -2.28. The minimum atomic E-state index is -0.331. The molecule has 1 aromatic rings. The molecular weight excluding hydrogens is 273 g/mol. The van der Waals surface area contributed by atoms with Crippen LogP contribution in [0.2, 0.25) is 0 Å². The smallest absolute Gasteiger partial charge is 0.108 e. The zero-order chi connectivity index (χ0) is 15.6. The summed E-state index contributed by atoms with van der Waals surface area (Å²) >= 11 is 0. The zero-order valence-corrected chi connectivity index (χ0v) is 13.3. The number of hydrogen-bond donors (Lipinski definition) is 0. The molecule has 118 valence electrons. The van der Waals surface area contributed by atoms with Crippen molar-refractivity contribution in [3.8, 4) is 6.07 Å². The van der Waals surface area contributed by atoms with Crippen molar-refractivity contribution in [3.05, 3.63) is 47.5 Å². The van der Waals surface area contributed by atoms with Gasteiger partial charge in [-0.3, -0.25) is 0 Å². The molecule has 0 aromatic heterocycles. The van der Waals surface area contributed by atoms with E-state index in [-0.39, 0.29) is 6.67 Å². The van der Waals surface area contributed by atoms with Gasteiger partial charge in [0.1, 0.15) is 6.67 Å². The Morgan fingerprint density at radius 2 is 1.64 bits per heavy atom. The highest BCUT2D eigenvalue weighted by molar-refractivity contribution is 5.31. The van der Waals surface area contributed by atoms with Crippen molar-refractivity contribution in [2.24, 2.45) is 11.8 Å². The number of aryl methyl sites for hydroxylation is 1. The fraction of sp³-hybridized carbons (Fsp3) is 0.550. The molecule has 0 unspecified atom stereocenters. The number of nitriles is 1. The first kappa shape index (κ1) is 16.7. The van der Waals surface area contributed by atoms with Crippen LogP contribution in [0, 0.1) is 23.2 Å². The molecule has 1 aromatic carbocycles. The third kappa shape index (κ3) is 5.64. The molecule has 0 spiro atoms. The standard InChI is InChI=1S/C20H26FN/c21-15-3-1-2-4-17-5-7-18(8-6-17)9-10-19-11-13-20(16-22)14-12-19/h1,3,11-14,17-18H,2,4-10,15H2. The van der Waals surface area contributed by atoms with E-state index in [0.717, 1.165) is 30.2 Å². The van der Waals surface area contributed by atoms with Crippen LogP contribution < -0.4 is 0 Å². The van der Waals surface area contributed by atoms with Crippen molar-refractivity contribution in [2.75, 3.05) is 6.67 Å². The van der Waals surface area contributed by atoms with Gasteiger partial charge in [-0.15, -0.1) is 0 Å². The average Bonchev–Trinajstić information content (AvgIpc) is 2.58. The van der Waals surface area contributed by atoms with Gasteiger partial charge in [-0.05, 0) is 55.2 Å². The number of halogens is 1. The Bertz CT molecular complexity index is 489. The quantitative estimate of drug-likeness (QED) is 0.601. The Morgan fingerprint density at radius 1 is 1.00 bits per heavy atom. The van der Waals surface area contributed by atoms with E-state index in [9.17, 15) is 4.39 Å². The molecule has 2 rings (SSSR count). The maximum absolute atomic E-state index is 12.0. The SMILES string of the molecule is N#Cc1ccc(CCC2CCC(CCC=CCF)CC2)cc1. The molecule has 0 bridgehead atoms. The molecule has 22 heavy (non-hydrogen) atoms. The van der Waals surface area contributed by atoms with Crippen LogP contribution in [0.3, 0.4) is 0 Å². The van der Waals surface area contributed by atoms with E-state index in [1.807, 2.05) is 18.2 Å². The maximum Gasteiger partial charge on any atom is 0.108 e. The molecule has 1 aliphatic carbocycles. The van der Waals surface area contributed by atoms with E-state index in [0.29, 0.717) is 0 Å². The summed E-state index contributed by atoms with van der Waals surface area (Å²) in [5, 5.41) is 8.81. The molecule has 0 amide bonds. The third-order valence-corrected chi connectivity index (χ3v) is 4.89. The van der Waals surface area contributed by atoms with Crippen molar-refractivity contribution in [1.82, 2.24) is 0 Å². The Kier molecular flexibility index (Phi) is 7.16. The van der Waals surface area contributed by atoms with Crippen molar-refractivity contribution in [1.29, 1.82) is 5.26 Å². The van der Waals surface area contributed by atoms with Crippen LogP contribution >= 0.6 is 0 Å². The normalized spacial score (nSPS) is 21.8. The van der Waals surface area contributed by atoms with Crippen molar-refractivity contribution in [3.63, 3.8) is 0 Å². The Hall–Kier alpha value is -1.62. The van der Waals surface area contributed by atoms with Crippen molar-refractivity contribution >= 4 is 0 Å². The van der Waals surface area contributed by atoms with Crippen LogP contribution in [-0.4, -0.2) is 6.67 Å². The number of alkyl halides is 1. The van der Waals surface area contributed by atoms with E-state index in [2.05, 4.69) is 18.2 Å². The molecule has 0 radical (unpaired) electrons. The average molecular weight is 299 g/mol. The largest absolute Gasteiger partial charge is 0.247 e. The summed E-state index contributed by atoms with van der Waals surface area (Å²) < 4.78 is 12.0. The van der Waals surface area contributed by atoms with E-state index in [4.69, 9.17) is 5.26 Å². The monoisotopic (exact) mass is 299 g/mol. The van der Waals surface area contributed by atoms with Crippen LogP contribution in [0.4, 0.5) is 4.39 Å². The molecule has 0 atom stereocenters. The topological polar surface area (TPSA) is 23.8 Å². The summed E-state index contributed by atoms with van der Waals surface area (Å²) in [5.74, 6) is 1.70. The number of benzene rings is 1. The highest BCUT2D eigenvalue weighted by atomic mass is 19.1. The van der Waals surface area contributed by atoms with Crippen LogP contribution in [-0.2, 0) is 6.42 Å². The molecule has 0 saturated heterocycles. The number of allylic oxidation sites excluding steroid dienone is 2. The van der Waals surface area contributed by atoms with Gasteiger partial charge in [-0.2, -0.15) is 5.26 Å². The Morgan fingerprint density at radius 3 is 2.23 bits per heavy atom. The summed E-state index contributed by atoms with van der Waals surface area (Å²) in [6, 6.07) is 10.2. The third-order valence-electron chi connectivity index (χ3n) is 4.89. The van der Waals surface area contributed by atoms with Crippen LogP contribution in [0.15, 0.2) is 36.4 Å². The van der Waals surface area contributed by atoms with Gasteiger partial charge in [0, 0.05) is 0 Å². The number of rotatable bonds is 7. The summed E-state index contributed by atoms with van der Waals surface area (Å²) in [7, 11) is 0. The second-order valence-electron chi connectivity index (χ2n) is 6.44. The van der Waals surface area contributed by atoms with Gasteiger partial charge in [0.25, 0.3) is 0 Å². The molecule has 2 heteroatoms. The Balaban J connectivity index is 1.64. The van der Waals surface area contributed by atoms with E-state index in [1.54, 1.807) is 6.08 Å². The van der Waals surface area contributed by atoms with Gasteiger partial charge < -0.3 is 0 Å². The predicted molar refractivity (Wildman–Crippen MR) is 89.3 cm³/mol. The van der Waals surface area contributed by atoms with Gasteiger partial charge in [-0.25, -0.2) is 4.39 Å². The lowest BCUT2D eigenvalue weighted by atomic mass is 9.78. The van der Waals surface area contributed by atoms with E-state index >= 15 is 0 Å².